The molecule has 0 aliphatic rings. The van der Waals surface area contributed by atoms with Crippen molar-refractivity contribution in [2.45, 2.75) is 19.8 Å². The van der Waals surface area contributed by atoms with Crippen molar-refractivity contribution in [3.63, 3.8) is 0 Å². The van der Waals surface area contributed by atoms with Gasteiger partial charge in [0.05, 0.1) is 0 Å². The summed E-state index contributed by atoms with van der Waals surface area (Å²) in [4.78, 5) is 12.4. The van der Waals surface area contributed by atoms with Gasteiger partial charge in [-0.1, -0.05) is 49.4 Å². The van der Waals surface area contributed by atoms with E-state index in [1.165, 1.54) is 5.56 Å². The molecule has 0 atom stereocenters. The standard InChI is InChI=1S/C22H20O2/c1-2-17-8-10-18(11-9-17)16-22(23)19-12-14-21(15-13-19)24-20-6-4-3-5-7-20/h3-15H,2,16H2,1H3. The van der Waals surface area contributed by atoms with Gasteiger partial charge in [-0.05, 0) is 53.9 Å². The molecule has 0 aromatic heterocycles. The molecule has 0 amide bonds. The SMILES string of the molecule is CCc1ccc(CC(=O)c2ccc(Oc3ccccc3)cc2)cc1. The third kappa shape index (κ3) is 4.11. The summed E-state index contributed by atoms with van der Waals surface area (Å²) in [6.45, 7) is 2.12. The molecule has 2 heteroatoms. The summed E-state index contributed by atoms with van der Waals surface area (Å²) in [7, 11) is 0. The molecule has 0 heterocycles. The Morgan fingerprint density at radius 3 is 1.96 bits per heavy atom. The molecule has 3 aromatic rings. The zero-order chi connectivity index (χ0) is 16.8. The van der Waals surface area contributed by atoms with Crippen molar-refractivity contribution in [3.05, 3.63) is 95.6 Å². The molecule has 0 saturated carbocycles. The van der Waals surface area contributed by atoms with Crippen molar-refractivity contribution in [1.29, 1.82) is 0 Å². The molecule has 0 aliphatic heterocycles. The highest BCUT2D eigenvalue weighted by Crippen LogP contribution is 2.21. The summed E-state index contributed by atoms with van der Waals surface area (Å²) in [6, 6.07) is 25.1. The van der Waals surface area contributed by atoms with Gasteiger partial charge < -0.3 is 4.74 Å². The van der Waals surface area contributed by atoms with Crippen molar-refractivity contribution < 1.29 is 9.53 Å². The minimum Gasteiger partial charge on any atom is -0.457 e. The van der Waals surface area contributed by atoms with Crippen LogP contribution >= 0.6 is 0 Å². The molecule has 0 aliphatic carbocycles. The summed E-state index contributed by atoms with van der Waals surface area (Å²) in [5.74, 6) is 1.63. The van der Waals surface area contributed by atoms with E-state index in [0.29, 0.717) is 12.0 Å². The lowest BCUT2D eigenvalue weighted by molar-refractivity contribution is 0.0993. The van der Waals surface area contributed by atoms with Gasteiger partial charge in [-0.3, -0.25) is 4.79 Å². The first-order valence-corrected chi connectivity index (χ1v) is 8.18. The Morgan fingerprint density at radius 1 is 0.750 bits per heavy atom. The minimum absolute atomic E-state index is 0.116. The first-order valence-electron chi connectivity index (χ1n) is 8.18. The summed E-state index contributed by atoms with van der Waals surface area (Å²) in [5, 5.41) is 0. The highest BCUT2D eigenvalue weighted by atomic mass is 16.5. The molecule has 120 valence electrons. The van der Waals surface area contributed by atoms with Crippen molar-refractivity contribution >= 4 is 5.78 Å². The number of ketones is 1. The predicted molar refractivity (Wildman–Crippen MR) is 96.8 cm³/mol. The van der Waals surface area contributed by atoms with Gasteiger partial charge in [0.2, 0.25) is 0 Å². The van der Waals surface area contributed by atoms with Crippen molar-refractivity contribution in [2.75, 3.05) is 0 Å². The van der Waals surface area contributed by atoms with Crippen molar-refractivity contribution in [2.24, 2.45) is 0 Å². The Morgan fingerprint density at radius 2 is 1.33 bits per heavy atom. The van der Waals surface area contributed by atoms with Crippen LogP contribution in [0.1, 0.15) is 28.4 Å². The van der Waals surface area contributed by atoms with Crippen molar-refractivity contribution in [3.8, 4) is 11.5 Å². The van der Waals surface area contributed by atoms with Crippen LogP contribution in [0.3, 0.4) is 0 Å². The lowest BCUT2D eigenvalue weighted by Gasteiger charge is -2.07. The second kappa shape index (κ2) is 7.60. The van der Waals surface area contributed by atoms with Crippen LogP contribution < -0.4 is 4.74 Å². The Balaban J connectivity index is 1.64. The van der Waals surface area contributed by atoms with E-state index in [4.69, 9.17) is 4.74 Å². The number of ether oxygens (including phenoxy) is 1. The van der Waals surface area contributed by atoms with E-state index in [2.05, 4.69) is 19.1 Å². The average Bonchev–Trinajstić information content (AvgIpc) is 2.64. The van der Waals surface area contributed by atoms with E-state index in [1.54, 1.807) is 0 Å². The smallest absolute Gasteiger partial charge is 0.167 e. The van der Waals surface area contributed by atoms with E-state index < -0.39 is 0 Å². The van der Waals surface area contributed by atoms with Crippen molar-refractivity contribution in [1.82, 2.24) is 0 Å². The van der Waals surface area contributed by atoms with E-state index in [0.717, 1.165) is 23.5 Å². The van der Waals surface area contributed by atoms with Gasteiger partial charge in [-0.25, -0.2) is 0 Å². The maximum atomic E-state index is 12.4. The van der Waals surface area contributed by atoms with Crippen LogP contribution in [-0.4, -0.2) is 5.78 Å². The van der Waals surface area contributed by atoms with E-state index in [9.17, 15) is 4.79 Å². The topological polar surface area (TPSA) is 26.3 Å². The molecule has 0 radical (unpaired) electrons. The largest absolute Gasteiger partial charge is 0.457 e. The fourth-order valence-electron chi connectivity index (χ4n) is 2.51. The van der Waals surface area contributed by atoms with Gasteiger partial charge in [0.1, 0.15) is 11.5 Å². The van der Waals surface area contributed by atoms with Gasteiger partial charge in [-0.2, -0.15) is 0 Å². The van der Waals surface area contributed by atoms with E-state index in [-0.39, 0.29) is 5.78 Å². The fraction of sp³-hybridized carbons (Fsp3) is 0.136. The zero-order valence-electron chi connectivity index (χ0n) is 13.7. The van der Waals surface area contributed by atoms with Gasteiger partial charge in [0.25, 0.3) is 0 Å². The van der Waals surface area contributed by atoms with Gasteiger partial charge >= 0.3 is 0 Å². The predicted octanol–water partition coefficient (Wildman–Crippen LogP) is 5.47. The molecular formula is C22H20O2. The van der Waals surface area contributed by atoms with Gasteiger partial charge in [-0.15, -0.1) is 0 Å². The lowest BCUT2D eigenvalue weighted by atomic mass is 10.0. The summed E-state index contributed by atoms with van der Waals surface area (Å²) in [5.41, 5.74) is 3.03. The maximum Gasteiger partial charge on any atom is 0.167 e. The number of hydrogen-bond acceptors (Lipinski definition) is 2. The van der Waals surface area contributed by atoms with Crippen LogP contribution in [0.5, 0.6) is 11.5 Å². The van der Waals surface area contributed by atoms with Crippen LogP contribution in [0.4, 0.5) is 0 Å². The number of rotatable bonds is 6. The van der Waals surface area contributed by atoms with Gasteiger partial charge in [0.15, 0.2) is 5.78 Å². The minimum atomic E-state index is 0.116. The van der Waals surface area contributed by atoms with Crippen LogP contribution in [0.2, 0.25) is 0 Å². The van der Waals surface area contributed by atoms with Crippen LogP contribution in [-0.2, 0) is 12.8 Å². The van der Waals surface area contributed by atoms with Crippen LogP contribution in [0.15, 0.2) is 78.9 Å². The zero-order valence-corrected chi connectivity index (χ0v) is 13.7. The number of carbonyl (C=O) groups excluding carboxylic acids is 1. The number of carbonyl (C=O) groups is 1. The second-order valence-corrected chi connectivity index (χ2v) is 5.71. The van der Waals surface area contributed by atoms with Gasteiger partial charge in [0, 0.05) is 12.0 Å². The molecule has 2 nitrogen and oxygen atoms in total. The third-order valence-electron chi connectivity index (χ3n) is 3.95. The molecule has 24 heavy (non-hydrogen) atoms. The molecule has 0 fully saturated rings. The summed E-state index contributed by atoms with van der Waals surface area (Å²) >= 11 is 0. The molecule has 0 N–H and O–H groups in total. The maximum absolute atomic E-state index is 12.4. The quantitative estimate of drug-likeness (QED) is 0.564. The Labute approximate surface area is 142 Å². The van der Waals surface area contributed by atoms with Crippen LogP contribution in [0.25, 0.3) is 0 Å². The van der Waals surface area contributed by atoms with Crippen LogP contribution in [0, 0.1) is 0 Å². The fourth-order valence-corrected chi connectivity index (χ4v) is 2.51. The molecule has 0 spiro atoms. The number of Topliss-reactive ketones (excluding diaryl/α,β-unsaturated/α-hetero) is 1. The normalized spacial score (nSPS) is 10.4. The molecule has 3 aromatic carbocycles. The number of aryl methyl sites for hydroxylation is 1. The first-order chi connectivity index (χ1) is 11.7. The Hall–Kier alpha value is -2.87. The summed E-state index contributed by atoms with van der Waals surface area (Å²) < 4.78 is 5.75. The number of benzene rings is 3. The highest BCUT2D eigenvalue weighted by molar-refractivity contribution is 5.97. The molecule has 0 bridgehead atoms. The summed E-state index contributed by atoms with van der Waals surface area (Å²) in [6.07, 6.45) is 1.43. The molecular weight excluding hydrogens is 296 g/mol. The number of hydrogen-bond donors (Lipinski definition) is 0. The third-order valence-corrected chi connectivity index (χ3v) is 3.95. The Bertz CT molecular complexity index is 788. The Kier molecular flexibility index (Phi) is 5.07. The van der Waals surface area contributed by atoms with E-state index in [1.807, 2.05) is 66.7 Å². The molecule has 0 unspecified atom stereocenters. The first kappa shape index (κ1) is 16.0. The second-order valence-electron chi connectivity index (χ2n) is 5.71. The average molecular weight is 316 g/mol. The number of para-hydroxylation sites is 1. The lowest BCUT2D eigenvalue weighted by Crippen LogP contribution is -2.03. The monoisotopic (exact) mass is 316 g/mol. The highest BCUT2D eigenvalue weighted by Gasteiger charge is 2.07. The molecule has 0 saturated heterocycles. The van der Waals surface area contributed by atoms with E-state index >= 15 is 0 Å². The molecule has 3 rings (SSSR count).